The van der Waals surface area contributed by atoms with Crippen LogP contribution in [-0.2, 0) is 9.53 Å². The number of benzene rings is 1. The summed E-state index contributed by atoms with van der Waals surface area (Å²) in [7, 11) is 0. The van der Waals surface area contributed by atoms with Crippen molar-refractivity contribution in [2.75, 3.05) is 31.6 Å². The number of morpholine rings is 1. The fourth-order valence-electron chi connectivity index (χ4n) is 3.15. The second-order valence-corrected chi connectivity index (χ2v) is 6.22. The monoisotopic (exact) mass is 274 g/mol. The number of ether oxygens (including phenoxy) is 1. The van der Waals surface area contributed by atoms with Crippen molar-refractivity contribution in [1.29, 1.82) is 0 Å². The number of anilines is 1. The van der Waals surface area contributed by atoms with Crippen LogP contribution < -0.4 is 5.32 Å². The first-order chi connectivity index (χ1) is 9.57. The Kier molecular flexibility index (Phi) is 3.42. The topological polar surface area (TPSA) is 41.6 Å². The van der Waals surface area contributed by atoms with Gasteiger partial charge in [-0.3, -0.25) is 4.79 Å². The molecule has 4 nitrogen and oxygen atoms in total. The summed E-state index contributed by atoms with van der Waals surface area (Å²) in [4.78, 5) is 14.8. The van der Waals surface area contributed by atoms with Gasteiger partial charge in [0, 0.05) is 25.3 Å². The second kappa shape index (κ2) is 5.09. The molecule has 1 aromatic rings. The van der Waals surface area contributed by atoms with Crippen LogP contribution in [-0.4, -0.2) is 42.6 Å². The van der Waals surface area contributed by atoms with E-state index in [1.165, 1.54) is 0 Å². The van der Waals surface area contributed by atoms with E-state index >= 15 is 0 Å². The van der Waals surface area contributed by atoms with Crippen molar-refractivity contribution in [1.82, 2.24) is 4.90 Å². The third-order valence-electron chi connectivity index (χ3n) is 4.12. The minimum absolute atomic E-state index is 0.0126. The summed E-state index contributed by atoms with van der Waals surface area (Å²) in [6, 6.07) is 8.14. The summed E-state index contributed by atoms with van der Waals surface area (Å²) in [5.74, 6) is 0.233. The molecule has 0 bridgehead atoms. The van der Waals surface area contributed by atoms with E-state index < -0.39 is 0 Å². The van der Waals surface area contributed by atoms with Gasteiger partial charge in [0.1, 0.15) is 0 Å². The Hall–Kier alpha value is -1.55. The molecule has 108 valence electrons. The van der Waals surface area contributed by atoms with Gasteiger partial charge in [-0.05, 0) is 31.9 Å². The first-order valence-electron chi connectivity index (χ1n) is 7.32. The number of amides is 1. The normalized spacial score (nSPS) is 24.7. The van der Waals surface area contributed by atoms with E-state index in [4.69, 9.17) is 4.74 Å². The molecule has 1 saturated heterocycles. The average Bonchev–Trinajstić information content (AvgIpc) is 2.45. The SMILES string of the molecule is CC1(C)CN(C(=O)C2CCNc3ccccc32)CCO1. The highest BCUT2D eigenvalue weighted by Gasteiger charge is 2.35. The number of rotatable bonds is 1. The molecule has 2 aliphatic rings. The van der Waals surface area contributed by atoms with Gasteiger partial charge < -0.3 is 15.0 Å². The molecule has 3 rings (SSSR count). The van der Waals surface area contributed by atoms with Crippen LogP contribution in [0.25, 0.3) is 0 Å². The minimum Gasteiger partial charge on any atom is -0.385 e. The van der Waals surface area contributed by atoms with Crippen LogP contribution in [0.2, 0.25) is 0 Å². The van der Waals surface area contributed by atoms with E-state index in [-0.39, 0.29) is 17.4 Å². The van der Waals surface area contributed by atoms with Crippen molar-refractivity contribution < 1.29 is 9.53 Å². The quantitative estimate of drug-likeness (QED) is 0.854. The lowest BCUT2D eigenvalue weighted by Gasteiger charge is -2.40. The van der Waals surface area contributed by atoms with Gasteiger partial charge in [-0.1, -0.05) is 18.2 Å². The van der Waals surface area contributed by atoms with E-state index in [2.05, 4.69) is 17.4 Å². The smallest absolute Gasteiger partial charge is 0.230 e. The fraction of sp³-hybridized carbons (Fsp3) is 0.562. The van der Waals surface area contributed by atoms with Crippen molar-refractivity contribution in [3.8, 4) is 0 Å². The van der Waals surface area contributed by atoms with Crippen molar-refractivity contribution in [2.24, 2.45) is 0 Å². The molecule has 0 radical (unpaired) electrons. The molecule has 0 saturated carbocycles. The Morgan fingerprint density at radius 2 is 2.20 bits per heavy atom. The van der Waals surface area contributed by atoms with Gasteiger partial charge in [-0.15, -0.1) is 0 Å². The molecule has 1 amide bonds. The molecule has 1 atom stereocenters. The number of para-hydroxylation sites is 1. The molecule has 1 aromatic carbocycles. The summed E-state index contributed by atoms with van der Waals surface area (Å²) >= 11 is 0. The van der Waals surface area contributed by atoms with Crippen LogP contribution in [0.1, 0.15) is 31.7 Å². The second-order valence-electron chi connectivity index (χ2n) is 6.22. The van der Waals surface area contributed by atoms with Crippen molar-refractivity contribution in [2.45, 2.75) is 31.8 Å². The third-order valence-corrected chi connectivity index (χ3v) is 4.12. The Morgan fingerprint density at radius 3 is 3.00 bits per heavy atom. The molecule has 2 heterocycles. The lowest BCUT2D eigenvalue weighted by molar-refractivity contribution is -0.147. The predicted octanol–water partition coefficient (Wildman–Crippen LogP) is 2.22. The lowest BCUT2D eigenvalue weighted by atomic mass is 9.89. The number of nitrogens with one attached hydrogen (secondary N) is 1. The van der Waals surface area contributed by atoms with E-state index in [1.54, 1.807) is 0 Å². The molecular formula is C16H22N2O2. The maximum Gasteiger partial charge on any atom is 0.230 e. The molecule has 0 aliphatic carbocycles. The summed E-state index contributed by atoms with van der Waals surface area (Å²) < 4.78 is 5.70. The van der Waals surface area contributed by atoms with Gasteiger partial charge in [0.15, 0.2) is 0 Å². The van der Waals surface area contributed by atoms with Crippen molar-refractivity contribution in [3.63, 3.8) is 0 Å². The first kappa shape index (κ1) is 13.4. The zero-order valence-electron chi connectivity index (χ0n) is 12.2. The molecular weight excluding hydrogens is 252 g/mol. The number of carbonyl (C=O) groups is 1. The van der Waals surface area contributed by atoms with Crippen LogP contribution in [0.3, 0.4) is 0 Å². The Morgan fingerprint density at radius 1 is 1.40 bits per heavy atom. The highest BCUT2D eigenvalue weighted by Crippen LogP contribution is 2.33. The number of hydrogen-bond donors (Lipinski definition) is 1. The standard InChI is InChI=1S/C16H22N2O2/c1-16(2)11-18(9-10-20-16)15(19)13-7-8-17-14-6-4-3-5-12(13)14/h3-6,13,17H,7-11H2,1-2H3. The predicted molar refractivity (Wildman–Crippen MR) is 78.9 cm³/mol. The zero-order chi connectivity index (χ0) is 14.2. The number of hydrogen-bond acceptors (Lipinski definition) is 3. The van der Waals surface area contributed by atoms with Gasteiger partial charge in [-0.25, -0.2) is 0 Å². The van der Waals surface area contributed by atoms with Crippen LogP contribution in [0.5, 0.6) is 0 Å². The molecule has 1 N–H and O–H groups in total. The van der Waals surface area contributed by atoms with Gasteiger partial charge in [0.05, 0.1) is 18.1 Å². The molecule has 1 unspecified atom stereocenters. The van der Waals surface area contributed by atoms with E-state index in [0.717, 1.165) is 24.2 Å². The van der Waals surface area contributed by atoms with Gasteiger partial charge in [0.2, 0.25) is 5.91 Å². The van der Waals surface area contributed by atoms with Crippen LogP contribution in [0.15, 0.2) is 24.3 Å². The molecule has 20 heavy (non-hydrogen) atoms. The van der Waals surface area contributed by atoms with Crippen LogP contribution in [0.4, 0.5) is 5.69 Å². The first-order valence-corrected chi connectivity index (χ1v) is 7.32. The molecule has 2 aliphatic heterocycles. The Labute approximate surface area is 120 Å². The van der Waals surface area contributed by atoms with Crippen LogP contribution >= 0.6 is 0 Å². The van der Waals surface area contributed by atoms with E-state index in [0.29, 0.717) is 19.7 Å². The number of carbonyl (C=O) groups excluding carboxylic acids is 1. The lowest BCUT2D eigenvalue weighted by Crippen LogP contribution is -2.52. The molecule has 4 heteroatoms. The Bertz CT molecular complexity index is 513. The number of fused-ring (bicyclic) bond motifs is 1. The summed E-state index contributed by atoms with van der Waals surface area (Å²) in [6.45, 7) is 6.96. The van der Waals surface area contributed by atoms with Gasteiger partial charge in [-0.2, -0.15) is 0 Å². The fourth-order valence-corrected chi connectivity index (χ4v) is 3.15. The maximum atomic E-state index is 12.8. The van der Waals surface area contributed by atoms with Gasteiger partial charge >= 0.3 is 0 Å². The summed E-state index contributed by atoms with van der Waals surface area (Å²) in [5, 5.41) is 3.37. The van der Waals surface area contributed by atoms with Crippen LogP contribution in [0, 0.1) is 0 Å². The zero-order valence-corrected chi connectivity index (χ0v) is 12.2. The minimum atomic E-state index is -0.236. The van der Waals surface area contributed by atoms with Gasteiger partial charge in [0.25, 0.3) is 0 Å². The summed E-state index contributed by atoms with van der Waals surface area (Å²) in [5.41, 5.74) is 2.00. The average molecular weight is 274 g/mol. The van der Waals surface area contributed by atoms with Crippen molar-refractivity contribution >= 4 is 11.6 Å². The van der Waals surface area contributed by atoms with E-state index in [9.17, 15) is 4.79 Å². The summed E-state index contributed by atoms with van der Waals surface area (Å²) in [6.07, 6.45) is 0.869. The maximum absolute atomic E-state index is 12.8. The third kappa shape index (κ3) is 2.52. The molecule has 0 spiro atoms. The Balaban J connectivity index is 1.81. The molecule has 1 fully saturated rings. The highest BCUT2D eigenvalue weighted by molar-refractivity contribution is 5.86. The largest absolute Gasteiger partial charge is 0.385 e. The molecule has 0 aromatic heterocycles. The van der Waals surface area contributed by atoms with E-state index in [1.807, 2.05) is 30.9 Å². The number of nitrogens with zero attached hydrogens (tertiary/aromatic N) is 1. The van der Waals surface area contributed by atoms with Crippen molar-refractivity contribution in [3.05, 3.63) is 29.8 Å². The highest BCUT2D eigenvalue weighted by atomic mass is 16.5.